The maximum absolute atomic E-state index is 5.48. The molecule has 3 N–H and O–H groups in total. The van der Waals surface area contributed by atoms with Gasteiger partial charge in [0.15, 0.2) is 4.77 Å². The maximum Gasteiger partial charge on any atom is 0.220 e. The number of nitrogens with two attached hydrogens (primary N) is 1. The molecule has 1 aromatic heterocycles. The highest BCUT2D eigenvalue weighted by Crippen LogP contribution is 1.97. The van der Waals surface area contributed by atoms with Gasteiger partial charge in [0, 0.05) is 7.11 Å². The predicted molar refractivity (Wildman–Crippen MR) is 43.7 cm³/mol. The molecule has 62 valence electrons. The number of H-pyrrole nitrogens is 1. The maximum atomic E-state index is 5.48. The van der Waals surface area contributed by atoms with Crippen LogP contribution >= 0.6 is 12.2 Å². The fraction of sp³-hybridized carbons (Fsp3) is 0.600. The lowest BCUT2D eigenvalue weighted by molar-refractivity contribution is 0.187. The second-order valence-electron chi connectivity index (χ2n) is 2.03. The Bertz CT molecular complexity index is 278. The van der Waals surface area contributed by atoms with E-state index in [9.17, 15) is 0 Å². The summed E-state index contributed by atoms with van der Waals surface area (Å²) in [4.78, 5) is 0. The van der Waals surface area contributed by atoms with Crippen LogP contribution < -0.4 is 5.73 Å². The van der Waals surface area contributed by atoms with Crippen LogP contribution in [0.25, 0.3) is 0 Å². The van der Waals surface area contributed by atoms with Crippen molar-refractivity contribution < 1.29 is 4.74 Å². The van der Waals surface area contributed by atoms with Gasteiger partial charge in [-0.1, -0.05) is 0 Å². The van der Waals surface area contributed by atoms with Crippen molar-refractivity contribution in [3.05, 3.63) is 4.77 Å². The Hall–Kier alpha value is -0.880. The molecule has 0 spiro atoms. The molecule has 6 heteroatoms. The fourth-order valence-electron chi connectivity index (χ4n) is 0.729. The van der Waals surface area contributed by atoms with E-state index < -0.39 is 0 Å². The summed E-state index contributed by atoms with van der Waals surface area (Å²) in [6, 6.07) is 0. The monoisotopic (exact) mass is 174 g/mol. The first-order valence-corrected chi connectivity index (χ1v) is 3.56. The van der Waals surface area contributed by atoms with E-state index in [0.717, 1.165) is 0 Å². The van der Waals surface area contributed by atoms with E-state index in [1.54, 1.807) is 11.7 Å². The summed E-state index contributed by atoms with van der Waals surface area (Å²) < 4.78 is 7.07. The molecule has 11 heavy (non-hydrogen) atoms. The Balaban J connectivity index is 2.75. The molecule has 0 fully saturated rings. The zero-order chi connectivity index (χ0) is 8.27. The van der Waals surface area contributed by atoms with Crippen LogP contribution in [0.1, 0.15) is 0 Å². The van der Waals surface area contributed by atoms with Gasteiger partial charge < -0.3 is 10.5 Å². The number of hydrogen-bond acceptors (Lipinski definition) is 4. The first-order chi connectivity index (χ1) is 5.25. The number of methoxy groups -OCH3 is 1. The van der Waals surface area contributed by atoms with Crippen molar-refractivity contribution in [2.75, 3.05) is 19.5 Å². The predicted octanol–water partition coefficient (Wildman–Crippen LogP) is 0.169. The lowest BCUT2D eigenvalue weighted by Crippen LogP contribution is -2.07. The Morgan fingerprint density at radius 2 is 2.55 bits per heavy atom. The number of nitrogens with zero attached hydrogens (tertiary/aromatic N) is 2. The molecule has 1 heterocycles. The number of aromatic nitrogens is 3. The molecule has 0 radical (unpaired) electrons. The topological polar surface area (TPSA) is 68.9 Å². The second kappa shape index (κ2) is 3.49. The third kappa shape index (κ3) is 1.78. The zero-order valence-corrected chi connectivity index (χ0v) is 7.02. The molecule has 0 aromatic carbocycles. The molecule has 0 bridgehead atoms. The van der Waals surface area contributed by atoms with Gasteiger partial charge in [0.2, 0.25) is 5.95 Å². The number of anilines is 1. The SMILES string of the molecule is COCCn1c(N)n[nH]c1=S. The van der Waals surface area contributed by atoms with Crippen LogP contribution in [-0.4, -0.2) is 28.5 Å². The molecule has 0 unspecified atom stereocenters. The Kier molecular flexibility index (Phi) is 2.61. The molecular formula is C5H10N4OS. The summed E-state index contributed by atoms with van der Waals surface area (Å²) in [6.45, 7) is 1.22. The van der Waals surface area contributed by atoms with E-state index >= 15 is 0 Å². The van der Waals surface area contributed by atoms with Crippen LogP contribution in [0.2, 0.25) is 0 Å². The van der Waals surface area contributed by atoms with Gasteiger partial charge in [0.25, 0.3) is 0 Å². The largest absolute Gasteiger partial charge is 0.383 e. The summed E-state index contributed by atoms with van der Waals surface area (Å²) in [5.74, 6) is 0.395. The van der Waals surface area contributed by atoms with Crippen molar-refractivity contribution >= 4 is 18.2 Å². The minimum absolute atomic E-state index is 0.395. The quantitative estimate of drug-likeness (QED) is 0.641. The smallest absolute Gasteiger partial charge is 0.220 e. The number of rotatable bonds is 3. The van der Waals surface area contributed by atoms with E-state index in [1.807, 2.05) is 0 Å². The standard InChI is InChI=1S/C5H10N4OS/c1-10-3-2-9-4(6)7-8-5(9)11/h2-3H2,1H3,(H2,6,7)(H,8,11). The van der Waals surface area contributed by atoms with Crippen molar-refractivity contribution in [3.63, 3.8) is 0 Å². The van der Waals surface area contributed by atoms with Gasteiger partial charge in [-0.05, 0) is 12.2 Å². The Morgan fingerprint density at radius 1 is 1.82 bits per heavy atom. The van der Waals surface area contributed by atoms with E-state index in [-0.39, 0.29) is 0 Å². The highest BCUT2D eigenvalue weighted by molar-refractivity contribution is 7.71. The fourth-order valence-corrected chi connectivity index (χ4v) is 0.959. The lowest BCUT2D eigenvalue weighted by atomic mass is 10.7. The molecule has 0 saturated carbocycles. The van der Waals surface area contributed by atoms with Gasteiger partial charge in [0.1, 0.15) is 0 Å². The van der Waals surface area contributed by atoms with Gasteiger partial charge >= 0.3 is 0 Å². The summed E-state index contributed by atoms with van der Waals surface area (Å²) >= 11 is 4.90. The van der Waals surface area contributed by atoms with Crippen LogP contribution in [0, 0.1) is 4.77 Å². The van der Waals surface area contributed by atoms with Gasteiger partial charge in [-0.25, -0.2) is 5.10 Å². The number of nitrogen functional groups attached to an aromatic ring is 1. The van der Waals surface area contributed by atoms with Gasteiger partial charge in [-0.15, -0.1) is 5.10 Å². The number of ether oxygens (including phenoxy) is 1. The molecule has 0 aliphatic carbocycles. The number of aromatic amines is 1. The van der Waals surface area contributed by atoms with Crippen LogP contribution in [0.5, 0.6) is 0 Å². The summed E-state index contributed by atoms with van der Waals surface area (Å²) in [7, 11) is 1.62. The second-order valence-corrected chi connectivity index (χ2v) is 2.42. The van der Waals surface area contributed by atoms with Gasteiger partial charge in [-0.3, -0.25) is 4.57 Å². The van der Waals surface area contributed by atoms with Crippen molar-refractivity contribution in [1.29, 1.82) is 0 Å². The summed E-state index contributed by atoms with van der Waals surface area (Å²) in [5.41, 5.74) is 5.48. The van der Waals surface area contributed by atoms with E-state index in [0.29, 0.717) is 23.9 Å². The average molecular weight is 174 g/mol. The van der Waals surface area contributed by atoms with Crippen molar-refractivity contribution in [3.8, 4) is 0 Å². The van der Waals surface area contributed by atoms with Crippen molar-refractivity contribution in [2.24, 2.45) is 0 Å². The third-order valence-electron chi connectivity index (χ3n) is 1.31. The number of nitrogens with one attached hydrogen (secondary N) is 1. The third-order valence-corrected chi connectivity index (χ3v) is 1.62. The first-order valence-electron chi connectivity index (χ1n) is 3.15. The Morgan fingerprint density at radius 3 is 3.00 bits per heavy atom. The highest BCUT2D eigenvalue weighted by atomic mass is 32.1. The molecule has 1 aromatic rings. The van der Waals surface area contributed by atoms with Crippen LogP contribution in [0.3, 0.4) is 0 Å². The summed E-state index contributed by atoms with van der Waals surface area (Å²) in [6.07, 6.45) is 0. The van der Waals surface area contributed by atoms with Crippen molar-refractivity contribution in [1.82, 2.24) is 14.8 Å². The van der Waals surface area contributed by atoms with E-state index in [4.69, 9.17) is 22.7 Å². The number of hydrogen-bond donors (Lipinski definition) is 2. The van der Waals surface area contributed by atoms with Crippen molar-refractivity contribution in [2.45, 2.75) is 6.54 Å². The van der Waals surface area contributed by atoms with Gasteiger partial charge in [0.05, 0.1) is 13.2 Å². The molecule has 1 rings (SSSR count). The summed E-state index contributed by atoms with van der Waals surface area (Å²) in [5, 5.41) is 6.32. The minimum atomic E-state index is 0.395. The van der Waals surface area contributed by atoms with E-state index in [2.05, 4.69) is 10.2 Å². The lowest BCUT2D eigenvalue weighted by Gasteiger charge is -2.00. The average Bonchev–Trinajstić information content (AvgIpc) is 2.29. The van der Waals surface area contributed by atoms with Crippen LogP contribution in [0.15, 0.2) is 0 Å². The molecule has 0 aliphatic rings. The highest BCUT2D eigenvalue weighted by Gasteiger charge is 1.99. The minimum Gasteiger partial charge on any atom is -0.383 e. The molecule has 0 atom stereocenters. The normalized spacial score (nSPS) is 10.3. The van der Waals surface area contributed by atoms with E-state index in [1.165, 1.54) is 0 Å². The molecular weight excluding hydrogens is 164 g/mol. The van der Waals surface area contributed by atoms with Gasteiger partial charge in [-0.2, -0.15) is 0 Å². The molecule has 0 saturated heterocycles. The molecule has 5 nitrogen and oxygen atoms in total. The molecule has 0 amide bonds. The first kappa shape index (κ1) is 8.22. The molecule has 0 aliphatic heterocycles. The Labute approximate surface area is 69.2 Å². The van der Waals surface area contributed by atoms with Crippen LogP contribution in [-0.2, 0) is 11.3 Å². The van der Waals surface area contributed by atoms with Crippen LogP contribution in [0.4, 0.5) is 5.95 Å². The zero-order valence-electron chi connectivity index (χ0n) is 6.20.